The minimum Gasteiger partial charge on any atom is -0.756 e. The molecular formula is C9H24AlO12P3. The molecule has 0 amide bonds. The molecule has 0 aliphatic heterocycles. The van der Waals surface area contributed by atoms with Crippen LogP contribution in [0.1, 0.15) is 20.8 Å². The van der Waals surface area contributed by atoms with Gasteiger partial charge in [-0.3, -0.25) is 13.7 Å². The summed E-state index contributed by atoms with van der Waals surface area (Å²) in [5, 5.41) is 0. The minimum atomic E-state index is -3.92. The predicted octanol–water partition coefficient (Wildman–Crippen LogP) is 0.0323. The first-order valence-corrected chi connectivity index (χ1v) is 10.8. The molecule has 3 unspecified atom stereocenters. The van der Waals surface area contributed by atoms with Gasteiger partial charge in [-0.15, -0.1) is 0 Å². The molecule has 0 aliphatic carbocycles. The molecule has 0 aromatic heterocycles. The van der Waals surface area contributed by atoms with Crippen LogP contribution in [0, 0.1) is 0 Å². The third kappa shape index (κ3) is 27.2. The first-order valence-electron chi connectivity index (χ1n) is 6.40. The third-order valence-corrected chi connectivity index (χ3v) is 4.60. The Bertz CT molecular complexity index is 372. The zero-order valence-corrected chi connectivity index (χ0v) is 18.8. The Kier molecular flexibility index (Phi) is 24.4. The molecule has 0 saturated heterocycles. The summed E-state index contributed by atoms with van der Waals surface area (Å²) >= 11 is 0. The van der Waals surface area contributed by atoms with Gasteiger partial charge in [-0.1, -0.05) is 0 Å². The van der Waals surface area contributed by atoms with Crippen LogP contribution in [-0.4, -0.2) is 58.5 Å². The minimum absolute atomic E-state index is 0. The Morgan fingerprint density at radius 3 is 0.800 bits per heavy atom. The summed E-state index contributed by atoms with van der Waals surface area (Å²) in [7, 11) is -8.59. The van der Waals surface area contributed by atoms with Crippen molar-refractivity contribution in [2.45, 2.75) is 20.8 Å². The smallest absolute Gasteiger partial charge is 0.756 e. The Balaban J connectivity index is -0.000000130. The van der Waals surface area contributed by atoms with E-state index in [0.717, 1.165) is 21.3 Å². The molecule has 12 nitrogen and oxygen atoms in total. The van der Waals surface area contributed by atoms with Crippen LogP contribution in [0.2, 0.25) is 0 Å². The average Bonchev–Trinajstić information content (AvgIpc) is 2.48. The summed E-state index contributed by atoms with van der Waals surface area (Å²) in [5.41, 5.74) is 0. The predicted molar refractivity (Wildman–Crippen MR) is 84.5 cm³/mol. The van der Waals surface area contributed by atoms with Gasteiger partial charge in [-0.25, -0.2) is 0 Å². The van der Waals surface area contributed by atoms with E-state index in [9.17, 15) is 28.4 Å². The molecule has 3 atom stereocenters. The van der Waals surface area contributed by atoms with E-state index in [1.165, 1.54) is 0 Å². The van der Waals surface area contributed by atoms with Gasteiger partial charge in [0.1, 0.15) is 0 Å². The number of phosphoric acid groups is 3. The zero-order chi connectivity index (χ0) is 19.9. The average molecular weight is 444 g/mol. The second-order valence-corrected chi connectivity index (χ2v) is 7.70. The molecule has 0 fully saturated rings. The quantitative estimate of drug-likeness (QED) is 0.345. The normalized spacial score (nSPS) is 17.2. The van der Waals surface area contributed by atoms with Gasteiger partial charge in [0.15, 0.2) is 0 Å². The van der Waals surface area contributed by atoms with Crippen LogP contribution >= 0.6 is 23.5 Å². The number of hydrogen-bond donors (Lipinski definition) is 0. The van der Waals surface area contributed by atoms with Gasteiger partial charge in [0.25, 0.3) is 23.5 Å². The van der Waals surface area contributed by atoms with Crippen LogP contribution in [0.5, 0.6) is 0 Å². The standard InChI is InChI=1S/3C3H9O4P.Al/c3*1-3-7-8(4,5)6-2;/h3*3H2,1-2H3,(H,4,5);/q;;;+3/p-3. The van der Waals surface area contributed by atoms with E-state index >= 15 is 0 Å². The summed E-state index contributed by atoms with van der Waals surface area (Å²) in [4.78, 5) is 30.5. The summed E-state index contributed by atoms with van der Waals surface area (Å²) < 4.78 is 54.9. The summed E-state index contributed by atoms with van der Waals surface area (Å²) in [6.45, 7) is 5.08. The second kappa shape index (κ2) is 18.2. The fourth-order valence-electron chi connectivity index (χ4n) is 0.632. The molecule has 0 bridgehead atoms. The maximum absolute atomic E-state index is 10.2. The van der Waals surface area contributed by atoms with E-state index in [2.05, 4.69) is 27.1 Å². The van der Waals surface area contributed by atoms with Crippen LogP contribution < -0.4 is 14.7 Å². The van der Waals surface area contributed by atoms with Crippen molar-refractivity contribution in [1.29, 1.82) is 0 Å². The second-order valence-electron chi connectivity index (χ2n) is 3.14. The SMILES string of the molecule is CCOP(=O)([O-])OC.CCOP(=O)([O-])OC.CCOP(=O)([O-])OC.[Al+3]. The third-order valence-electron chi connectivity index (χ3n) is 1.53. The Hall–Kier alpha value is 0.862. The van der Waals surface area contributed by atoms with Crippen LogP contribution in [0.3, 0.4) is 0 Å². The van der Waals surface area contributed by atoms with Gasteiger partial charge < -0.3 is 41.8 Å². The molecule has 0 N–H and O–H groups in total. The van der Waals surface area contributed by atoms with E-state index in [0.29, 0.717) is 0 Å². The zero-order valence-electron chi connectivity index (χ0n) is 14.9. The van der Waals surface area contributed by atoms with Crippen molar-refractivity contribution in [3.63, 3.8) is 0 Å². The summed E-state index contributed by atoms with van der Waals surface area (Å²) in [6.07, 6.45) is 0. The van der Waals surface area contributed by atoms with Crippen molar-refractivity contribution in [2.24, 2.45) is 0 Å². The van der Waals surface area contributed by atoms with E-state index in [-0.39, 0.29) is 37.2 Å². The van der Waals surface area contributed by atoms with Gasteiger partial charge in [0.2, 0.25) is 0 Å². The fraction of sp³-hybridized carbons (Fsp3) is 1.00. The van der Waals surface area contributed by atoms with Gasteiger partial charge in [-0.2, -0.15) is 0 Å². The number of hydrogen-bond acceptors (Lipinski definition) is 12. The molecule has 0 aliphatic rings. The van der Waals surface area contributed by atoms with E-state index in [4.69, 9.17) is 0 Å². The Morgan fingerprint density at radius 1 is 0.600 bits per heavy atom. The van der Waals surface area contributed by atoms with Gasteiger partial charge >= 0.3 is 17.4 Å². The molecule has 0 spiro atoms. The molecule has 16 heteroatoms. The molecule has 0 aromatic carbocycles. The van der Waals surface area contributed by atoms with E-state index in [1.54, 1.807) is 20.8 Å². The van der Waals surface area contributed by atoms with Crippen molar-refractivity contribution < 1.29 is 55.5 Å². The number of phosphoric ester groups is 3. The largest absolute Gasteiger partial charge is 3.00 e. The van der Waals surface area contributed by atoms with Crippen molar-refractivity contribution in [1.82, 2.24) is 0 Å². The van der Waals surface area contributed by atoms with Crippen LogP contribution in [-0.2, 0) is 40.8 Å². The molecule has 0 saturated carbocycles. The Morgan fingerprint density at radius 2 is 0.760 bits per heavy atom. The Labute approximate surface area is 158 Å². The van der Waals surface area contributed by atoms with Crippen LogP contribution in [0.25, 0.3) is 0 Å². The molecular weight excluding hydrogens is 420 g/mol. The summed E-state index contributed by atoms with van der Waals surface area (Å²) in [5.74, 6) is 0. The molecule has 0 rings (SSSR count). The maximum Gasteiger partial charge on any atom is 3.00 e. The van der Waals surface area contributed by atoms with E-state index in [1.807, 2.05) is 0 Å². The van der Waals surface area contributed by atoms with Crippen molar-refractivity contribution in [3.8, 4) is 0 Å². The van der Waals surface area contributed by atoms with Crippen molar-refractivity contribution >= 4 is 40.8 Å². The van der Waals surface area contributed by atoms with Crippen LogP contribution in [0.4, 0.5) is 0 Å². The number of rotatable bonds is 9. The van der Waals surface area contributed by atoms with Gasteiger partial charge in [0, 0.05) is 21.3 Å². The van der Waals surface area contributed by atoms with Crippen molar-refractivity contribution in [3.05, 3.63) is 0 Å². The van der Waals surface area contributed by atoms with E-state index < -0.39 is 23.5 Å². The molecule has 150 valence electrons. The van der Waals surface area contributed by atoms with Crippen molar-refractivity contribution in [2.75, 3.05) is 41.2 Å². The molecule has 0 heterocycles. The maximum atomic E-state index is 10.2. The molecule has 0 aromatic rings. The summed E-state index contributed by atoms with van der Waals surface area (Å²) in [6, 6.07) is 0. The molecule has 25 heavy (non-hydrogen) atoms. The fourth-order valence-corrected chi connectivity index (χ4v) is 1.90. The van der Waals surface area contributed by atoms with Gasteiger partial charge in [-0.05, 0) is 20.8 Å². The topological polar surface area (TPSA) is 176 Å². The monoisotopic (exact) mass is 444 g/mol. The van der Waals surface area contributed by atoms with Crippen LogP contribution in [0.15, 0.2) is 0 Å². The molecule has 0 radical (unpaired) electrons. The first kappa shape index (κ1) is 33.4. The first-order chi connectivity index (χ1) is 10.9. The van der Waals surface area contributed by atoms with Gasteiger partial charge in [0.05, 0.1) is 19.8 Å².